The summed E-state index contributed by atoms with van der Waals surface area (Å²) in [6.07, 6.45) is 0. The predicted octanol–water partition coefficient (Wildman–Crippen LogP) is 4.40. The summed E-state index contributed by atoms with van der Waals surface area (Å²) in [5, 5.41) is 40.9. The fraction of sp³-hybridized carbons (Fsp3) is 0.0769. The zero-order valence-corrected chi connectivity index (χ0v) is 13.6. The van der Waals surface area contributed by atoms with Gasteiger partial charge in [-0.1, -0.05) is 23.4 Å². The lowest BCUT2D eigenvalue weighted by Crippen LogP contribution is -1.92. The fourth-order valence-corrected chi connectivity index (χ4v) is 1.96. The number of nitrogens with zero attached hydrogens (tertiary/aromatic N) is 4. The van der Waals surface area contributed by atoms with Crippen LogP contribution in [0.4, 0.5) is 22.7 Å². The van der Waals surface area contributed by atoms with E-state index < -0.39 is 19.7 Å². The van der Waals surface area contributed by atoms with Crippen molar-refractivity contribution in [1.29, 1.82) is 0 Å². The van der Waals surface area contributed by atoms with E-state index in [0.717, 1.165) is 12.1 Å². The number of nitro groups is 4. The molecular weight excluding hydrogens is 420 g/mol. The van der Waals surface area contributed by atoms with E-state index in [2.05, 4.69) is 15.9 Å². The van der Waals surface area contributed by atoms with Gasteiger partial charge in [0.2, 0.25) is 0 Å². The molecule has 0 aliphatic rings. The first-order chi connectivity index (χ1) is 11.6. The molecule has 0 heterocycles. The lowest BCUT2D eigenvalue weighted by Gasteiger charge is -1.93. The summed E-state index contributed by atoms with van der Waals surface area (Å²) in [7, 11) is 0. The SMILES string of the molecule is C.O=[N+]([O-])c1cc(Br)cc([N+](=O)[O-])c1.O=[N+]([O-])c1cccc([N+](=O)[O-])c1. The largest absolute Gasteiger partial charge is 0.277 e. The van der Waals surface area contributed by atoms with E-state index in [1.807, 2.05) is 0 Å². The van der Waals surface area contributed by atoms with Gasteiger partial charge in [-0.25, -0.2) is 0 Å². The highest BCUT2D eigenvalue weighted by molar-refractivity contribution is 9.10. The Morgan fingerprint density at radius 2 is 0.923 bits per heavy atom. The maximum absolute atomic E-state index is 10.3. The molecule has 0 spiro atoms. The number of rotatable bonds is 4. The molecule has 0 radical (unpaired) electrons. The topological polar surface area (TPSA) is 173 Å². The molecule has 26 heavy (non-hydrogen) atoms. The Morgan fingerprint density at radius 3 is 1.23 bits per heavy atom. The van der Waals surface area contributed by atoms with Gasteiger partial charge >= 0.3 is 0 Å². The molecule has 0 fully saturated rings. The van der Waals surface area contributed by atoms with Crippen LogP contribution in [0.15, 0.2) is 46.9 Å². The second-order valence-electron chi connectivity index (χ2n) is 4.22. The van der Waals surface area contributed by atoms with Crippen LogP contribution in [0.2, 0.25) is 0 Å². The van der Waals surface area contributed by atoms with Crippen molar-refractivity contribution in [3.8, 4) is 0 Å². The first-order valence-corrected chi connectivity index (χ1v) is 6.89. The smallest absolute Gasteiger partial charge is 0.258 e. The average molecular weight is 431 g/mol. The molecule has 0 atom stereocenters. The Balaban J connectivity index is 0.000000464. The Morgan fingerprint density at radius 1 is 0.615 bits per heavy atom. The average Bonchev–Trinajstić information content (AvgIpc) is 2.54. The zero-order chi connectivity index (χ0) is 19.1. The predicted molar refractivity (Wildman–Crippen MR) is 93.9 cm³/mol. The van der Waals surface area contributed by atoms with Gasteiger partial charge in [-0.15, -0.1) is 0 Å². The molecule has 138 valence electrons. The summed E-state index contributed by atoms with van der Waals surface area (Å²) in [5.74, 6) is 0. The van der Waals surface area contributed by atoms with Crippen LogP contribution in [0, 0.1) is 40.5 Å². The summed E-state index contributed by atoms with van der Waals surface area (Å²) >= 11 is 2.94. The summed E-state index contributed by atoms with van der Waals surface area (Å²) in [4.78, 5) is 38.2. The molecule has 0 aliphatic heterocycles. The number of halogens is 1. The minimum absolute atomic E-state index is 0. The van der Waals surface area contributed by atoms with Crippen LogP contribution >= 0.6 is 15.9 Å². The number of non-ortho nitro benzene ring substituents is 4. The highest BCUT2D eigenvalue weighted by atomic mass is 79.9. The molecule has 0 N–H and O–H groups in total. The van der Waals surface area contributed by atoms with E-state index >= 15 is 0 Å². The Hall–Kier alpha value is -3.48. The molecule has 0 saturated heterocycles. The van der Waals surface area contributed by atoms with Gasteiger partial charge in [0.15, 0.2) is 0 Å². The molecule has 0 amide bonds. The van der Waals surface area contributed by atoms with Crippen LogP contribution in [-0.2, 0) is 0 Å². The highest BCUT2D eigenvalue weighted by Crippen LogP contribution is 2.25. The van der Waals surface area contributed by atoms with Crippen molar-refractivity contribution in [1.82, 2.24) is 0 Å². The normalized spacial score (nSPS) is 9.12. The van der Waals surface area contributed by atoms with Gasteiger partial charge < -0.3 is 0 Å². The lowest BCUT2D eigenvalue weighted by molar-refractivity contribution is -0.394. The maximum atomic E-state index is 10.3. The van der Waals surface area contributed by atoms with E-state index in [-0.39, 0.29) is 30.2 Å². The molecule has 2 aromatic rings. The van der Waals surface area contributed by atoms with Crippen LogP contribution < -0.4 is 0 Å². The third-order valence-electron chi connectivity index (χ3n) is 2.54. The Bertz CT molecular complexity index is 796. The monoisotopic (exact) mass is 430 g/mol. The van der Waals surface area contributed by atoms with Crippen molar-refractivity contribution in [2.24, 2.45) is 0 Å². The van der Waals surface area contributed by atoms with Gasteiger partial charge in [0, 0.05) is 28.7 Å². The molecular formula is C13H11BrN4O8. The summed E-state index contributed by atoms with van der Waals surface area (Å²) < 4.78 is 0.313. The third-order valence-corrected chi connectivity index (χ3v) is 3.00. The van der Waals surface area contributed by atoms with E-state index in [4.69, 9.17) is 0 Å². The minimum Gasteiger partial charge on any atom is -0.258 e. The van der Waals surface area contributed by atoms with Gasteiger partial charge in [-0.05, 0) is 6.07 Å². The maximum Gasteiger partial charge on any atom is 0.277 e. The van der Waals surface area contributed by atoms with Crippen molar-refractivity contribution in [2.75, 3.05) is 0 Å². The van der Waals surface area contributed by atoms with Crippen LogP contribution in [0.5, 0.6) is 0 Å². The molecule has 13 heteroatoms. The number of hydrogen-bond acceptors (Lipinski definition) is 8. The molecule has 0 unspecified atom stereocenters. The lowest BCUT2D eigenvalue weighted by atomic mass is 10.3. The highest BCUT2D eigenvalue weighted by Gasteiger charge is 2.15. The summed E-state index contributed by atoms with van der Waals surface area (Å²) in [6.45, 7) is 0. The quantitative estimate of drug-likeness (QED) is 0.506. The molecule has 2 rings (SSSR count). The standard InChI is InChI=1S/C6H3BrN2O4.C6H4N2O4.CH4/c7-4-1-5(8(10)11)3-6(2-4)9(12)13;9-7(10)5-2-1-3-6(4-5)8(11)12;/h1-3H;1-4H;1H4. The zero-order valence-electron chi connectivity index (χ0n) is 12.0. The minimum atomic E-state index is -0.683. The third kappa shape index (κ3) is 6.56. The molecule has 2 aromatic carbocycles. The molecule has 12 nitrogen and oxygen atoms in total. The summed E-state index contributed by atoms with van der Waals surface area (Å²) in [5.41, 5.74) is -1.16. The van der Waals surface area contributed by atoms with Crippen molar-refractivity contribution in [3.05, 3.63) is 87.4 Å². The molecule has 0 saturated carbocycles. The number of hydrogen-bond donors (Lipinski definition) is 0. The van der Waals surface area contributed by atoms with Gasteiger partial charge in [-0.3, -0.25) is 40.5 Å². The van der Waals surface area contributed by atoms with Crippen molar-refractivity contribution < 1.29 is 19.7 Å². The van der Waals surface area contributed by atoms with Gasteiger partial charge in [-0.2, -0.15) is 0 Å². The van der Waals surface area contributed by atoms with Gasteiger partial charge in [0.05, 0.1) is 31.8 Å². The second kappa shape index (κ2) is 9.73. The van der Waals surface area contributed by atoms with Crippen molar-refractivity contribution in [3.63, 3.8) is 0 Å². The first kappa shape index (κ1) is 22.5. The van der Waals surface area contributed by atoms with E-state index in [0.29, 0.717) is 4.47 Å². The van der Waals surface area contributed by atoms with E-state index in [1.165, 1.54) is 30.3 Å². The Labute approximate surface area is 153 Å². The number of nitro benzene ring substituents is 4. The van der Waals surface area contributed by atoms with Crippen LogP contribution in [-0.4, -0.2) is 19.7 Å². The Kier molecular flexibility index (Phi) is 8.43. The summed E-state index contributed by atoms with van der Waals surface area (Å²) in [6, 6.07) is 7.90. The van der Waals surface area contributed by atoms with E-state index in [1.54, 1.807) is 0 Å². The first-order valence-electron chi connectivity index (χ1n) is 6.10. The van der Waals surface area contributed by atoms with Crippen molar-refractivity contribution >= 4 is 38.7 Å². The van der Waals surface area contributed by atoms with Crippen LogP contribution in [0.1, 0.15) is 7.43 Å². The number of benzene rings is 2. The molecule has 0 aliphatic carbocycles. The van der Waals surface area contributed by atoms with Crippen LogP contribution in [0.3, 0.4) is 0 Å². The second-order valence-corrected chi connectivity index (χ2v) is 5.13. The molecule has 0 bridgehead atoms. The van der Waals surface area contributed by atoms with Gasteiger partial charge in [0.25, 0.3) is 22.7 Å². The van der Waals surface area contributed by atoms with Gasteiger partial charge in [0.1, 0.15) is 0 Å². The molecule has 0 aromatic heterocycles. The van der Waals surface area contributed by atoms with Crippen LogP contribution in [0.25, 0.3) is 0 Å². The fourth-order valence-electron chi connectivity index (χ4n) is 1.49. The van der Waals surface area contributed by atoms with Crippen molar-refractivity contribution in [2.45, 2.75) is 7.43 Å². The van der Waals surface area contributed by atoms with E-state index in [9.17, 15) is 40.5 Å².